The van der Waals surface area contributed by atoms with Gasteiger partial charge in [-0.2, -0.15) is 0 Å². The van der Waals surface area contributed by atoms with Crippen molar-refractivity contribution in [2.24, 2.45) is 0 Å². The second-order valence-electron chi connectivity index (χ2n) is 2.83. The van der Waals surface area contributed by atoms with Gasteiger partial charge in [0, 0.05) is 18.6 Å². The van der Waals surface area contributed by atoms with Gasteiger partial charge >= 0.3 is 5.97 Å². The fourth-order valence-corrected chi connectivity index (χ4v) is 1.19. The first-order valence-electron chi connectivity index (χ1n) is 5.09. The summed E-state index contributed by atoms with van der Waals surface area (Å²) in [5.74, 6) is -0.966. The van der Waals surface area contributed by atoms with Crippen molar-refractivity contribution in [3.63, 3.8) is 0 Å². The molecule has 16 heavy (non-hydrogen) atoms. The van der Waals surface area contributed by atoms with Crippen LogP contribution in [-0.4, -0.2) is 20.6 Å². The van der Waals surface area contributed by atoms with E-state index in [2.05, 4.69) is 4.98 Å². The average molecular weight is 218 g/mol. The van der Waals surface area contributed by atoms with Crippen LogP contribution in [0.2, 0.25) is 0 Å². The van der Waals surface area contributed by atoms with Crippen LogP contribution in [0.4, 0.5) is 0 Å². The first-order valence-corrected chi connectivity index (χ1v) is 5.09. The molecule has 0 aromatic carbocycles. The zero-order valence-electron chi connectivity index (χ0n) is 9.29. The summed E-state index contributed by atoms with van der Waals surface area (Å²) in [5.41, 5.74) is 0.936. The summed E-state index contributed by atoms with van der Waals surface area (Å²) in [6.07, 6.45) is 6.62. The lowest BCUT2D eigenvalue weighted by molar-refractivity contribution is 0.0696. The maximum atomic E-state index is 10.7. The van der Waals surface area contributed by atoms with Crippen molar-refractivity contribution in [3.05, 3.63) is 48.5 Å². The van der Waals surface area contributed by atoms with Gasteiger partial charge in [0.1, 0.15) is 0 Å². The molecule has 2 aromatic rings. The number of hydrogen-bond donors (Lipinski definition) is 1. The van der Waals surface area contributed by atoms with E-state index in [-0.39, 0.29) is 5.56 Å². The van der Waals surface area contributed by atoms with Crippen LogP contribution < -0.4 is 0 Å². The quantitative estimate of drug-likeness (QED) is 0.842. The van der Waals surface area contributed by atoms with Crippen LogP contribution in [0.3, 0.4) is 0 Å². The van der Waals surface area contributed by atoms with Crippen molar-refractivity contribution >= 4 is 5.97 Å². The van der Waals surface area contributed by atoms with E-state index in [0.29, 0.717) is 0 Å². The smallest absolute Gasteiger partial charge is 0.337 e. The maximum absolute atomic E-state index is 10.7. The van der Waals surface area contributed by atoms with Gasteiger partial charge in [-0.05, 0) is 18.2 Å². The first kappa shape index (κ1) is 12.0. The second-order valence-corrected chi connectivity index (χ2v) is 2.83. The third-order valence-corrected chi connectivity index (χ3v) is 1.87. The van der Waals surface area contributed by atoms with E-state index in [4.69, 9.17) is 5.11 Å². The highest BCUT2D eigenvalue weighted by Gasteiger charge is 2.04. The molecule has 0 atom stereocenters. The van der Waals surface area contributed by atoms with E-state index < -0.39 is 5.97 Å². The van der Waals surface area contributed by atoms with Gasteiger partial charge in [0.15, 0.2) is 0 Å². The summed E-state index contributed by atoms with van der Waals surface area (Å²) >= 11 is 0. The SMILES string of the molecule is CC.O=C(O)c1cncc(-n2cccc2)c1. The van der Waals surface area contributed by atoms with Crippen molar-refractivity contribution in [1.29, 1.82) is 0 Å². The molecule has 2 rings (SSSR count). The molecular weight excluding hydrogens is 204 g/mol. The normalized spacial score (nSPS) is 9.12. The van der Waals surface area contributed by atoms with E-state index in [0.717, 1.165) is 5.69 Å². The molecular formula is C12H14N2O2. The summed E-state index contributed by atoms with van der Waals surface area (Å²) < 4.78 is 1.80. The molecule has 0 unspecified atom stereocenters. The first-order chi connectivity index (χ1) is 7.77. The van der Waals surface area contributed by atoms with E-state index in [1.165, 1.54) is 6.20 Å². The predicted molar refractivity (Wildman–Crippen MR) is 61.9 cm³/mol. The van der Waals surface area contributed by atoms with Gasteiger partial charge < -0.3 is 9.67 Å². The van der Waals surface area contributed by atoms with Gasteiger partial charge in [0.25, 0.3) is 0 Å². The van der Waals surface area contributed by atoms with Gasteiger partial charge in [-0.3, -0.25) is 4.98 Å². The standard InChI is InChI=1S/C10H8N2O2.C2H6/c13-10(14)8-5-9(7-11-6-8)12-3-1-2-4-12;1-2/h1-7H,(H,13,14);1-2H3. The lowest BCUT2D eigenvalue weighted by Gasteiger charge is -2.02. The molecule has 0 spiro atoms. The molecule has 2 heterocycles. The topological polar surface area (TPSA) is 55.1 Å². The van der Waals surface area contributed by atoms with Gasteiger partial charge in [-0.25, -0.2) is 4.79 Å². The molecule has 0 radical (unpaired) electrons. The highest BCUT2D eigenvalue weighted by atomic mass is 16.4. The van der Waals surface area contributed by atoms with Crippen LogP contribution >= 0.6 is 0 Å². The van der Waals surface area contributed by atoms with Crippen LogP contribution in [0.5, 0.6) is 0 Å². The number of hydrogen-bond acceptors (Lipinski definition) is 2. The van der Waals surface area contributed by atoms with E-state index >= 15 is 0 Å². The predicted octanol–water partition coefficient (Wildman–Crippen LogP) is 2.60. The molecule has 2 aromatic heterocycles. The molecule has 4 heteroatoms. The Morgan fingerprint density at radius 2 is 1.88 bits per heavy atom. The number of carboxylic acids is 1. The minimum Gasteiger partial charge on any atom is -0.478 e. The number of aromatic carboxylic acids is 1. The molecule has 4 nitrogen and oxygen atoms in total. The average Bonchev–Trinajstić information content (AvgIpc) is 2.85. The van der Waals surface area contributed by atoms with Crippen LogP contribution in [0.15, 0.2) is 43.0 Å². The molecule has 0 aliphatic carbocycles. The molecule has 0 fully saturated rings. The molecule has 84 valence electrons. The van der Waals surface area contributed by atoms with Crippen molar-refractivity contribution in [3.8, 4) is 5.69 Å². The maximum Gasteiger partial charge on any atom is 0.337 e. The summed E-state index contributed by atoms with van der Waals surface area (Å²) in [7, 11) is 0. The van der Waals surface area contributed by atoms with Crippen LogP contribution in [-0.2, 0) is 0 Å². The van der Waals surface area contributed by atoms with Gasteiger partial charge in [-0.15, -0.1) is 0 Å². The van der Waals surface area contributed by atoms with Crippen LogP contribution in [0.1, 0.15) is 24.2 Å². The Morgan fingerprint density at radius 3 is 2.44 bits per heavy atom. The largest absolute Gasteiger partial charge is 0.478 e. The molecule has 1 N–H and O–H groups in total. The van der Waals surface area contributed by atoms with Crippen molar-refractivity contribution in [1.82, 2.24) is 9.55 Å². The number of aromatic nitrogens is 2. The van der Waals surface area contributed by atoms with Gasteiger partial charge in [0.05, 0.1) is 17.4 Å². The van der Waals surface area contributed by atoms with E-state index in [1.807, 2.05) is 38.4 Å². The van der Waals surface area contributed by atoms with Crippen LogP contribution in [0.25, 0.3) is 5.69 Å². The number of carbonyl (C=O) groups is 1. The lowest BCUT2D eigenvalue weighted by atomic mass is 10.2. The molecule has 0 amide bonds. The zero-order valence-corrected chi connectivity index (χ0v) is 9.29. The summed E-state index contributed by atoms with van der Waals surface area (Å²) in [5, 5.41) is 8.76. The fraction of sp³-hybridized carbons (Fsp3) is 0.167. The second kappa shape index (κ2) is 5.70. The fourth-order valence-electron chi connectivity index (χ4n) is 1.19. The monoisotopic (exact) mass is 218 g/mol. The number of carboxylic acid groups (broad SMARTS) is 1. The summed E-state index contributed by atoms with van der Waals surface area (Å²) in [4.78, 5) is 14.5. The third kappa shape index (κ3) is 2.70. The Balaban J connectivity index is 0.000000606. The van der Waals surface area contributed by atoms with Gasteiger partial charge in [0.2, 0.25) is 0 Å². The Kier molecular flexibility index (Phi) is 4.27. The minimum absolute atomic E-state index is 0.191. The Bertz CT molecular complexity index is 450. The van der Waals surface area contributed by atoms with E-state index in [9.17, 15) is 4.79 Å². The highest BCUT2D eigenvalue weighted by molar-refractivity contribution is 5.87. The number of rotatable bonds is 2. The molecule has 0 saturated heterocycles. The molecule has 0 saturated carbocycles. The highest BCUT2D eigenvalue weighted by Crippen LogP contribution is 2.08. The minimum atomic E-state index is -0.966. The third-order valence-electron chi connectivity index (χ3n) is 1.87. The van der Waals surface area contributed by atoms with Crippen molar-refractivity contribution in [2.75, 3.05) is 0 Å². The Labute approximate surface area is 94.2 Å². The lowest BCUT2D eigenvalue weighted by Crippen LogP contribution is -1.99. The van der Waals surface area contributed by atoms with Crippen molar-refractivity contribution < 1.29 is 9.90 Å². The Hall–Kier alpha value is -2.10. The summed E-state index contributed by atoms with van der Waals surface area (Å²) in [6.45, 7) is 4.00. The summed E-state index contributed by atoms with van der Waals surface area (Å²) in [6, 6.07) is 5.32. The number of nitrogens with zero attached hydrogens (tertiary/aromatic N) is 2. The van der Waals surface area contributed by atoms with Crippen LogP contribution in [0, 0.1) is 0 Å². The van der Waals surface area contributed by atoms with Crippen molar-refractivity contribution in [2.45, 2.75) is 13.8 Å². The van der Waals surface area contributed by atoms with E-state index in [1.54, 1.807) is 16.8 Å². The molecule has 0 aliphatic heterocycles. The zero-order chi connectivity index (χ0) is 12.0. The Morgan fingerprint density at radius 1 is 1.25 bits per heavy atom. The molecule has 0 bridgehead atoms. The molecule has 0 aliphatic rings. The van der Waals surface area contributed by atoms with Gasteiger partial charge in [-0.1, -0.05) is 13.8 Å². The number of pyridine rings is 1.